The molecule has 0 saturated carbocycles. The topological polar surface area (TPSA) is 94.2 Å². The average molecular weight is 533 g/mol. The zero-order valence-corrected chi connectivity index (χ0v) is 22.1. The largest absolute Gasteiger partial charge is 0.493 e. The summed E-state index contributed by atoms with van der Waals surface area (Å²) in [6, 6.07) is 17.3. The number of para-hydroxylation sites is 2. The summed E-state index contributed by atoms with van der Waals surface area (Å²) in [6.07, 6.45) is 0. The van der Waals surface area contributed by atoms with Crippen molar-refractivity contribution in [3.63, 3.8) is 0 Å². The van der Waals surface area contributed by atoms with E-state index in [4.69, 9.17) is 25.8 Å². The normalized spacial score (nSPS) is 11.9. The summed E-state index contributed by atoms with van der Waals surface area (Å²) >= 11 is 5.96. The number of amides is 1. The lowest BCUT2D eigenvalue weighted by atomic mass is 10.1. The Bertz CT molecular complexity index is 1300. The number of sulfonamides is 1. The molecule has 0 unspecified atom stereocenters. The van der Waals surface area contributed by atoms with E-state index in [2.05, 4.69) is 5.32 Å². The Labute approximate surface area is 216 Å². The number of nitrogens with one attached hydrogen (secondary N) is 1. The maximum absolute atomic E-state index is 13.7. The maximum Gasteiger partial charge on any atom is 0.264 e. The van der Waals surface area contributed by atoms with Gasteiger partial charge in [0.25, 0.3) is 10.0 Å². The Morgan fingerprint density at radius 3 is 2.28 bits per heavy atom. The van der Waals surface area contributed by atoms with Gasteiger partial charge in [0.2, 0.25) is 5.91 Å². The van der Waals surface area contributed by atoms with E-state index < -0.39 is 28.5 Å². The van der Waals surface area contributed by atoms with Gasteiger partial charge < -0.3 is 19.5 Å². The molecule has 3 aromatic carbocycles. The van der Waals surface area contributed by atoms with Gasteiger partial charge in [-0.1, -0.05) is 29.8 Å². The molecule has 3 rings (SSSR count). The highest BCUT2D eigenvalue weighted by Gasteiger charge is 2.30. The molecule has 3 aromatic rings. The molecule has 0 saturated heterocycles. The van der Waals surface area contributed by atoms with Crippen LogP contribution in [-0.2, 0) is 14.8 Å². The van der Waals surface area contributed by atoms with Crippen LogP contribution in [0.1, 0.15) is 25.5 Å². The van der Waals surface area contributed by atoms with E-state index >= 15 is 0 Å². The maximum atomic E-state index is 13.7. The lowest BCUT2D eigenvalue weighted by Crippen LogP contribution is -2.41. The van der Waals surface area contributed by atoms with E-state index in [-0.39, 0.29) is 10.6 Å². The van der Waals surface area contributed by atoms with Crippen LogP contribution < -0.4 is 23.8 Å². The summed E-state index contributed by atoms with van der Waals surface area (Å²) in [5, 5.41) is 3.27. The number of anilines is 1. The Balaban J connectivity index is 1.93. The molecule has 0 fully saturated rings. The van der Waals surface area contributed by atoms with Crippen molar-refractivity contribution in [3.05, 3.63) is 77.3 Å². The average Bonchev–Trinajstić information content (AvgIpc) is 2.87. The van der Waals surface area contributed by atoms with Crippen LogP contribution in [0.2, 0.25) is 5.02 Å². The first-order valence-electron chi connectivity index (χ1n) is 11.2. The molecule has 0 aliphatic rings. The predicted octanol–water partition coefficient (Wildman–Crippen LogP) is 4.83. The minimum Gasteiger partial charge on any atom is -0.493 e. The number of carbonyl (C=O) groups excluding carboxylic acids is 1. The highest BCUT2D eigenvalue weighted by molar-refractivity contribution is 7.92. The van der Waals surface area contributed by atoms with Crippen molar-refractivity contribution in [2.24, 2.45) is 0 Å². The van der Waals surface area contributed by atoms with Gasteiger partial charge in [-0.2, -0.15) is 0 Å². The van der Waals surface area contributed by atoms with E-state index in [1.807, 2.05) is 0 Å². The molecule has 8 nitrogen and oxygen atoms in total. The zero-order valence-electron chi connectivity index (χ0n) is 20.5. The Kier molecular flexibility index (Phi) is 9.06. The van der Waals surface area contributed by atoms with Crippen molar-refractivity contribution in [3.8, 4) is 17.2 Å². The number of nitrogens with zero attached hydrogens (tertiary/aromatic N) is 1. The number of hydrogen-bond donors (Lipinski definition) is 1. The van der Waals surface area contributed by atoms with Crippen LogP contribution >= 0.6 is 11.6 Å². The second-order valence-corrected chi connectivity index (χ2v) is 10.1. The number of carbonyl (C=O) groups is 1. The van der Waals surface area contributed by atoms with Gasteiger partial charge in [0.15, 0.2) is 11.5 Å². The highest BCUT2D eigenvalue weighted by Crippen LogP contribution is 2.33. The van der Waals surface area contributed by atoms with Crippen LogP contribution in [0.4, 0.5) is 5.69 Å². The Hall–Kier alpha value is -3.43. The molecule has 1 atom stereocenters. The number of rotatable bonds is 11. The number of methoxy groups -OCH3 is 2. The van der Waals surface area contributed by atoms with Gasteiger partial charge in [0.1, 0.15) is 12.3 Å². The molecule has 0 aliphatic heterocycles. The fourth-order valence-corrected chi connectivity index (χ4v) is 5.15. The molecule has 36 heavy (non-hydrogen) atoms. The smallest absolute Gasteiger partial charge is 0.264 e. The van der Waals surface area contributed by atoms with Crippen molar-refractivity contribution < 1.29 is 27.4 Å². The number of benzene rings is 3. The minimum absolute atomic E-state index is 0.000981. The van der Waals surface area contributed by atoms with Crippen LogP contribution in [0.25, 0.3) is 0 Å². The molecule has 0 spiro atoms. The molecule has 0 heterocycles. The van der Waals surface area contributed by atoms with Crippen LogP contribution in [0.5, 0.6) is 17.2 Å². The summed E-state index contributed by atoms with van der Waals surface area (Å²) in [5.74, 6) is 0.931. The molecule has 0 aromatic heterocycles. The SMILES string of the molecule is CCOc1ccccc1N(CC(=O)N[C@@H](C)c1ccc(OC)c(OC)c1)S(=O)(=O)c1ccc(Cl)cc1. The van der Waals surface area contributed by atoms with E-state index in [1.165, 1.54) is 31.4 Å². The third-order valence-corrected chi connectivity index (χ3v) is 7.43. The van der Waals surface area contributed by atoms with Gasteiger partial charge in [-0.05, 0) is 67.9 Å². The lowest BCUT2D eigenvalue weighted by molar-refractivity contribution is -0.120. The van der Waals surface area contributed by atoms with Gasteiger partial charge in [-0.15, -0.1) is 0 Å². The molecule has 1 amide bonds. The second kappa shape index (κ2) is 12.0. The van der Waals surface area contributed by atoms with Crippen molar-refractivity contribution in [1.29, 1.82) is 0 Å². The molecule has 192 valence electrons. The van der Waals surface area contributed by atoms with E-state index in [1.54, 1.807) is 63.4 Å². The lowest BCUT2D eigenvalue weighted by Gasteiger charge is -2.26. The summed E-state index contributed by atoms with van der Waals surface area (Å²) < 4.78 is 44.6. The minimum atomic E-state index is -4.13. The molecular formula is C26H29ClN2O6S. The third kappa shape index (κ3) is 6.22. The molecular weight excluding hydrogens is 504 g/mol. The third-order valence-electron chi connectivity index (χ3n) is 5.41. The predicted molar refractivity (Wildman–Crippen MR) is 140 cm³/mol. The van der Waals surface area contributed by atoms with Gasteiger partial charge in [0.05, 0.1) is 37.5 Å². The summed E-state index contributed by atoms with van der Waals surface area (Å²) in [7, 11) is -1.06. The summed E-state index contributed by atoms with van der Waals surface area (Å²) in [6.45, 7) is 3.46. The summed E-state index contributed by atoms with van der Waals surface area (Å²) in [5.41, 5.74) is 1.02. The number of ether oxygens (including phenoxy) is 3. The van der Waals surface area contributed by atoms with Crippen molar-refractivity contribution in [2.75, 3.05) is 31.7 Å². The van der Waals surface area contributed by atoms with Gasteiger partial charge in [-0.25, -0.2) is 8.42 Å². The van der Waals surface area contributed by atoms with Crippen molar-refractivity contribution in [2.45, 2.75) is 24.8 Å². The van der Waals surface area contributed by atoms with Crippen LogP contribution in [-0.4, -0.2) is 41.7 Å². The first-order chi connectivity index (χ1) is 17.2. The molecule has 1 N–H and O–H groups in total. The second-order valence-electron chi connectivity index (χ2n) is 7.77. The molecule has 0 aliphatic carbocycles. The summed E-state index contributed by atoms with van der Waals surface area (Å²) in [4.78, 5) is 13.2. The fourth-order valence-electron chi connectivity index (χ4n) is 3.60. The van der Waals surface area contributed by atoms with Crippen molar-refractivity contribution in [1.82, 2.24) is 5.32 Å². The number of halogens is 1. The Morgan fingerprint density at radius 2 is 1.64 bits per heavy atom. The first-order valence-corrected chi connectivity index (χ1v) is 13.0. The van der Waals surface area contributed by atoms with Gasteiger partial charge in [0, 0.05) is 5.02 Å². The standard InChI is InChI=1S/C26H29ClN2O6S/c1-5-35-23-9-7-6-8-22(23)29(36(31,32)21-13-11-20(27)12-14-21)17-26(30)28-18(2)19-10-15-24(33-3)25(16-19)34-4/h6-16,18H,5,17H2,1-4H3,(H,28,30)/t18-/m0/s1. The van der Waals surface area contributed by atoms with E-state index in [0.29, 0.717) is 28.9 Å². The van der Waals surface area contributed by atoms with Crippen LogP contribution in [0, 0.1) is 0 Å². The fraction of sp³-hybridized carbons (Fsp3) is 0.269. The zero-order chi connectivity index (χ0) is 26.3. The first kappa shape index (κ1) is 27.2. The quantitative estimate of drug-likeness (QED) is 0.380. The van der Waals surface area contributed by atoms with E-state index in [9.17, 15) is 13.2 Å². The van der Waals surface area contributed by atoms with Gasteiger partial charge >= 0.3 is 0 Å². The van der Waals surface area contributed by atoms with Gasteiger partial charge in [-0.3, -0.25) is 9.10 Å². The van der Waals surface area contributed by atoms with E-state index in [0.717, 1.165) is 9.87 Å². The number of hydrogen-bond acceptors (Lipinski definition) is 6. The highest BCUT2D eigenvalue weighted by atomic mass is 35.5. The monoisotopic (exact) mass is 532 g/mol. The van der Waals surface area contributed by atoms with Crippen LogP contribution in [0.3, 0.4) is 0 Å². The van der Waals surface area contributed by atoms with Crippen molar-refractivity contribution >= 4 is 33.2 Å². The van der Waals surface area contributed by atoms with Crippen LogP contribution in [0.15, 0.2) is 71.6 Å². The molecule has 0 radical (unpaired) electrons. The molecule has 10 heteroatoms. The Morgan fingerprint density at radius 1 is 0.972 bits per heavy atom. The molecule has 0 bridgehead atoms.